The highest BCUT2D eigenvalue weighted by Crippen LogP contribution is 2.30. The van der Waals surface area contributed by atoms with Gasteiger partial charge in [-0.3, -0.25) is 4.90 Å². The summed E-state index contributed by atoms with van der Waals surface area (Å²) in [5, 5.41) is 1.13. The summed E-state index contributed by atoms with van der Waals surface area (Å²) in [5.41, 5.74) is 2.48. The van der Waals surface area contributed by atoms with Gasteiger partial charge >= 0.3 is 0 Å². The quantitative estimate of drug-likeness (QED) is 0.610. The maximum Gasteiger partial charge on any atom is 0.138 e. The zero-order valence-electron chi connectivity index (χ0n) is 11.3. The van der Waals surface area contributed by atoms with Crippen LogP contribution in [0.3, 0.4) is 0 Å². The molecule has 0 saturated carbocycles. The van der Waals surface area contributed by atoms with Crippen LogP contribution < -0.4 is 0 Å². The van der Waals surface area contributed by atoms with E-state index in [2.05, 4.69) is 40.6 Å². The summed E-state index contributed by atoms with van der Waals surface area (Å²) in [6, 6.07) is 0.636. The van der Waals surface area contributed by atoms with Crippen LogP contribution in [0.5, 0.6) is 0 Å². The summed E-state index contributed by atoms with van der Waals surface area (Å²) in [5.74, 6) is 1.15. The Hall–Kier alpha value is -0.390. The first-order valence-corrected chi connectivity index (χ1v) is 8.29. The Morgan fingerprint density at radius 2 is 2.33 bits per heavy atom. The molecule has 0 fully saturated rings. The van der Waals surface area contributed by atoms with Gasteiger partial charge in [0.25, 0.3) is 0 Å². The molecule has 1 atom stereocenters. The van der Waals surface area contributed by atoms with E-state index in [1.165, 1.54) is 30.1 Å². The summed E-state index contributed by atoms with van der Waals surface area (Å²) >= 11 is 3.19. The van der Waals surface area contributed by atoms with Crippen LogP contribution in [-0.2, 0) is 0 Å². The first-order chi connectivity index (χ1) is 8.72. The Balaban J connectivity index is 2.07. The Labute approximate surface area is 118 Å². The highest BCUT2D eigenvalue weighted by atomic mass is 32.2. The highest BCUT2D eigenvalue weighted by molar-refractivity contribution is 7.99. The molecule has 0 radical (unpaired) electrons. The van der Waals surface area contributed by atoms with Gasteiger partial charge in [0, 0.05) is 12.6 Å². The minimum atomic E-state index is 0.636. The predicted molar refractivity (Wildman–Crippen MR) is 80.2 cm³/mol. The van der Waals surface area contributed by atoms with E-state index < -0.39 is 0 Å². The third-order valence-corrected chi connectivity index (χ3v) is 5.07. The van der Waals surface area contributed by atoms with Crippen molar-refractivity contribution in [2.45, 2.75) is 44.2 Å². The van der Waals surface area contributed by atoms with Crippen LogP contribution in [0.15, 0.2) is 11.1 Å². The molecule has 3 nitrogen and oxygen atoms in total. The van der Waals surface area contributed by atoms with Crippen LogP contribution >= 0.6 is 23.5 Å². The van der Waals surface area contributed by atoms with Gasteiger partial charge in [-0.2, -0.15) is 8.75 Å². The van der Waals surface area contributed by atoms with E-state index in [1.807, 2.05) is 11.8 Å². The Morgan fingerprint density at radius 3 is 3.06 bits per heavy atom. The minimum Gasteiger partial charge on any atom is -0.299 e. The van der Waals surface area contributed by atoms with E-state index >= 15 is 0 Å². The molecular weight excluding hydrogens is 262 g/mol. The van der Waals surface area contributed by atoms with Gasteiger partial charge in [-0.15, -0.1) is 11.8 Å². The SMILES string of the molecule is CCCCSc1nsnc1C1=CCC(C)N(C)C1. The molecule has 1 aromatic rings. The van der Waals surface area contributed by atoms with Crippen LogP contribution in [-0.4, -0.2) is 39.0 Å². The van der Waals surface area contributed by atoms with Gasteiger partial charge in [-0.05, 0) is 38.1 Å². The zero-order valence-corrected chi connectivity index (χ0v) is 13.0. The van der Waals surface area contributed by atoms with Gasteiger partial charge in [0.2, 0.25) is 0 Å². The lowest BCUT2D eigenvalue weighted by atomic mass is 10.0. The molecule has 0 aromatic carbocycles. The molecule has 1 aliphatic rings. The van der Waals surface area contributed by atoms with Crippen molar-refractivity contribution in [1.29, 1.82) is 0 Å². The van der Waals surface area contributed by atoms with Crippen LogP contribution in [0.1, 0.15) is 38.8 Å². The molecule has 1 aromatic heterocycles. The van der Waals surface area contributed by atoms with Crippen LogP contribution in [0.2, 0.25) is 0 Å². The van der Waals surface area contributed by atoms with Gasteiger partial charge in [0.15, 0.2) is 0 Å². The second-order valence-corrected chi connectivity index (χ2v) is 6.46. The second kappa shape index (κ2) is 6.68. The van der Waals surface area contributed by atoms with Gasteiger partial charge < -0.3 is 0 Å². The molecular formula is C13H21N3S2. The van der Waals surface area contributed by atoms with Crippen molar-refractivity contribution >= 4 is 29.1 Å². The van der Waals surface area contributed by atoms with Gasteiger partial charge in [-0.25, -0.2) is 0 Å². The number of thioether (sulfide) groups is 1. The number of hydrogen-bond acceptors (Lipinski definition) is 5. The van der Waals surface area contributed by atoms with Crippen molar-refractivity contribution in [3.63, 3.8) is 0 Å². The molecule has 18 heavy (non-hydrogen) atoms. The third-order valence-electron chi connectivity index (χ3n) is 3.38. The molecule has 0 N–H and O–H groups in total. The third kappa shape index (κ3) is 3.33. The normalized spacial score (nSPS) is 21.1. The maximum atomic E-state index is 4.49. The molecule has 1 aliphatic heterocycles. The summed E-state index contributed by atoms with van der Waals surface area (Å²) in [4.78, 5) is 2.38. The van der Waals surface area contributed by atoms with Crippen LogP contribution in [0.4, 0.5) is 0 Å². The van der Waals surface area contributed by atoms with E-state index in [9.17, 15) is 0 Å². The molecule has 5 heteroatoms. The van der Waals surface area contributed by atoms with Crippen molar-refractivity contribution in [2.24, 2.45) is 0 Å². The maximum absolute atomic E-state index is 4.49. The van der Waals surface area contributed by atoms with Crippen molar-refractivity contribution in [2.75, 3.05) is 19.3 Å². The number of likely N-dealkylation sites (N-methyl/N-ethyl adjacent to an activating group) is 1. The standard InChI is InChI=1S/C13H21N3S2/c1-4-5-8-17-13-12(14-18-15-13)11-7-6-10(2)16(3)9-11/h7,10H,4-6,8-9H2,1-3H3. The molecule has 0 saturated heterocycles. The number of hydrogen-bond donors (Lipinski definition) is 0. The largest absolute Gasteiger partial charge is 0.299 e. The topological polar surface area (TPSA) is 29.0 Å². The molecule has 2 heterocycles. The van der Waals surface area contributed by atoms with E-state index in [-0.39, 0.29) is 0 Å². The van der Waals surface area contributed by atoms with Crippen LogP contribution in [0.25, 0.3) is 5.57 Å². The first-order valence-electron chi connectivity index (χ1n) is 6.57. The lowest BCUT2D eigenvalue weighted by molar-refractivity contribution is 0.280. The average Bonchev–Trinajstić information content (AvgIpc) is 2.81. The fraction of sp³-hybridized carbons (Fsp3) is 0.692. The Morgan fingerprint density at radius 1 is 1.50 bits per heavy atom. The number of rotatable bonds is 5. The molecule has 0 amide bonds. The zero-order chi connectivity index (χ0) is 13.0. The monoisotopic (exact) mass is 283 g/mol. The summed E-state index contributed by atoms with van der Waals surface area (Å²) in [7, 11) is 2.18. The smallest absolute Gasteiger partial charge is 0.138 e. The highest BCUT2D eigenvalue weighted by Gasteiger charge is 2.20. The molecule has 0 aliphatic carbocycles. The molecule has 1 unspecified atom stereocenters. The number of unbranched alkanes of at least 4 members (excludes halogenated alkanes) is 1. The Kier molecular flexibility index (Phi) is 5.21. The van der Waals surface area contributed by atoms with Gasteiger partial charge in [0.05, 0.1) is 11.7 Å². The summed E-state index contributed by atoms with van der Waals surface area (Å²) in [6.07, 6.45) is 5.94. The molecule has 0 bridgehead atoms. The summed E-state index contributed by atoms with van der Waals surface area (Å²) in [6.45, 7) is 5.48. The molecule has 100 valence electrons. The van der Waals surface area contributed by atoms with Crippen molar-refractivity contribution in [3.05, 3.63) is 11.8 Å². The van der Waals surface area contributed by atoms with E-state index in [0.717, 1.165) is 29.4 Å². The molecule has 0 spiro atoms. The van der Waals surface area contributed by atoms with Crippen molar-refractivity contribution < 1.29 is 0 Å². The van der Waals surface area contributed by atoms with E-state index in [0.29, 0.717) is 6.04 Å². The number of aromatic nitrogens is 2. The lowest BCUT2D eigenvalue weighted by Gasteiger charge is -2.29. The van der Waals surface area contributed by atoms with Gasteiger partial charge in [-0.1, -0.05) is 19.4 Å². The summed E-state index contributed by atoms with van der Waals surface area (Å²) < 4.78 is 8.93. The fourth-order valence-electron chi connectivity index (χ4n) is 1.94. The van der Waals surface area contributed by atoms with E-state index in [4.69, 9.17) is 0 Å². The lowest BCUT2D eigenvalue weighted by Crippen LogP contribution is -2.33. The fourth-order valence-corrected chi connectivity index (χ4v) is 3.73. The van der Waals surface area contributed by atoms with E-state index in [1.54, 1.807) is 0 Å². The Bertz CT molecular complexity index is 414. The number of nitrogens with zero attached hydrogens (tertiary/aromatic N) is 3. The van der Waals surface area contributed by atoms with Gasteiger partial charge in [0.1, 0.15) is 10.7 Å². The minimum absolute atomic E-state index is 0.636. The second-order valence-electron chi connectivity index (χ2n) is 4.85. The predicted octanol–water partition coefficient (Wildman–Crippen LogP) is 3.54. The molecule has 2 rings (SSSR count). The van der Waals surface area contributed by atoms with Crippen molar-refractivity contribution in [3.8, 4) is 0 Å². The van der Waals surface area contributed by atoms with Crippen LogP contribution in [0, 0.1) is 0 Å². The first kappa shape index (κ1) is 14.0. The van der Waals surface area contributed by atoms with Crippen molar-refractivity contribution in [1.82, 2.24) is 13.6 Å². The average molecular weight is 283 g/mol.